The van der Waals surface area contributed by atoms with Gasteiger partial charge in [0.15, 0.2) is 0 Å². The van der Waals surface area contributed by atoms with Crippen LogP contribution in [-0.2, 0) is 14.9 Å². The fourth-order valence-corrected chi connectivity index (χ4v) is 2.06. The third kappa shape index (κ3) is 1.69. The van der Waals surface area contributed by atoms with Crippen molar-refractivity contribution in [3.63, 3.8) is 0 Å². The van der Waals surface area contributed by atoms with E-state index in [1.807, 2.05) is 0 Å². The molecule has 0 aromatic heterocycles. The maximum atomic E-state index is 13.1. The van der Waals surface area contributed by atoms with Gasteiger partial charge in [-0.15, -0.1) is 0 Å². The van der Waals surface area contributed by atoms with Crippen LogP contribution in [0.15, 0.2) is 24.3 Å². The van der Waals surface area contributed by atoms with E-state index in [2.05, 4.69) is 4.74 Å². The maximum Gasteiger partial charge on any atom is 0.323 e. The largest absolute Gasteiger partial charge is 0.468 e. The monoisotopic (exact) mass is 223 g/mol. The summed E-state index contributed by atoms with van der Waals surface area (Å²) < 4.78 is 17.7. The zero-order chi connectivity index (χ0) is 11.8. The molecule has 2 N–H and O–H groups in total. The molecule has 1 fully saturated rings. The average molecular weight is 223 g/mol. The number of halogens is 1. The number of hydrogen-bond donors (Lipinski definition) is 1. The predicted molar refractivity (Wildman–Crippen MR) is 57.3 cm³/mol. The van der Waals surface area contributed by atoms with Gasteiger partial charge in [-0.2, -0.15) is 0 Å². The van der Waals surface area contributed by atoms with Crippen LogP contribution in [0, 0.1) is 5.82 Å². The van der Waals surface area contributed by atoms with Crippen molar-refractivity contribution < 1.29 is 13.9 Å². The molecule has 1 atom stereocenters. The SMILES string of the molecule is COC(=O)C(N)C1(c2cccc(F)c2)CC1. The van der Waals surface area contributed by atoms with Crippen LogP contribution >= 0.6 is 0 Å². The number of nitrogens with two attached hydrogens (primary N) is 1. The molecule has 0 amide bonds. The summed E-state index contributed by atoms with van der Waals surface area (Å²) in [5.41, 5.74) is 6.21. The van der Waals surface area contributed by atoms with Gasteiger partial charge in [-0.05, 0) is 30.5 Å². The lowest BCUT2D eigenvalue weighted by atomic mass is 9.88. The van der Waals surface area contributed by atoms with Gasteiger partial charge in [0, 0.05) is 5.41 Å². The van der Waals surface area contributed by atoms with E-state index in [9.17, 15) is 9.18 Å². The minimum Gasteiger partial charge on any atom is -0.468 e. The standard InChI is InChI=1S/C12H14FNO2/c1-16-11(15)10(14)12(5-6-12)8-3-2-4-9(13)7-8/h2-4,7,10H,5-6,14H2,1H3. The number of hydrogen-bond acceptors (Lipinski definition) is 3. The first-order valence-corrected chi connectivity index (χ1v) is 5.19. The number of esters is 1. The zero-order valence-corrected chi connectivity index (χ0v) is 9.07. The van der Waals surface area contributed by atoms with E-state index in [-0.39, 0.29) is 5.82 Å². The van der Waals surface area contributed by atoms with Gasteiger partial charge < -0.3 is 10.5 Å². The normalized spacial score (nSPS) is 18.9. The fraction of sp³-hybridized carbons (Fsp3) is 0.417. The molecule has 0 heterocycles. The Balaban J connectivity index is 2.29. The molecular formula is C12H14FNO2. The third-order valence-electron chi connectivity index (χ3n) is 3.24. The van der Waals surface area contributed by atoms with Crippen molar-refractivity contribution in [2.24, 2.45) is 5.73 Å². The first kappa shape index (κ1) is 11.1. The van der Waals surface area contributed by atoms with Crippen molar-refractivity contribution in [2.75, 3.05) is 7.11 Å². The summed E-state index contributed by atoms with van der Waals surface area (Å²) in [5.74, 6) is -0.748. The quantitative estimate of drug-likeness (QED) is 0.787. The summed E-state index contributed by atoms with van der Waals surface area (Å²) in [6.45, 7) is 0. The first-order valence-electron chi connectivity index (χ1n) is 5.19. The highest BCUT2D eigenvalue weighted by molar-refractivity contribution is 5.78. The lowest BCUT2D eigenvalue weighted by Gasteiger charge is -2.21. The molecule has 0 bridgehead atoms. The second kappa shape index (κ2) is 3.87. The second-order valence-corrected chi connectivity index (χ2v) is 4.17. The van der Waals surface area contributed by atoms with Gasteiger partial charge in [0.1, 0.15) is 11.9 Å². The number of methoxy groups -OCH3 is 1. The molecule has 2 rings (SSSR count). The molecule has 0 aliphatic heterocycles. The van der Waals surface area contributed by atoms with E-state index >= 15 is 0 Å². The molecule has 4 heteroatoms. The predicted octanol–water partition coefficient (Wildman–Crippen LogP) is 1.36. The van der Waals surface area contributed by atoms with Crippen LogP contribution in [0.3, 0.4) is 0 Å². The maximum absolute atomic E-state index is 13.1. The highest BCUT2D eigenvalue weighted by Gasteiger charge is 2.52. The number of carbonyl (C=O) groups is 1. The Morgan fingerprint density at radius 3 is 2.75 bits per heavy atom. The minimum absolute atomic E-state index is 0.305. The van der Waals surface area contributed by atoms with E-state index < -0.39 is 17.4 Å². The van der Waals surface area contributed by atoms with Gasteiger partial charge >= 0.3 is 5.97 Å². The second-order valence-electron chi connectivity index (χ2n) is 4.17. The summed E-state index contributed by atoms with van der Waals surface area (Å²) in [5, 5.41) is 0. The molecule has 1 saturated carbocycles. The van der Waals surface area contributed by atoms with Crippen LogP contribution in [0.25, 0.3) is 0 Å². The number of rotatable bonds is 3. The highest BCUT2D eigenvalue weighted by atomic mass is 19.1. The summed E-state index contributed by atoms with van der Waals surface area (Å²) in [6.07, 6.45) is 1.60. The van der Waals surface area contributed by atoms with Gasteiger partial charge in [0.2, 0.25) is 0 Å². The number of carbonyl (C=O) groups excluding carboxylic acids is 1. The topological polar surface area (TPSA) is 52.3 Å². The Hall–Kier alpha value is -1.42. The van der Waals surface area contributed by atoms with Gasteiger partial charge in [0.25, 0.3) is 0 Å². The van der Waals surface area contributed by atoms with E-state index in [1.54, 1.807) is 12.1 Å². The Kier molecular flexibility index (Phi) is 2.68. The van der Waals surface area contributed by atoms with Crippen molar-refractivity contribution >= 4 is 5.97 Å². The summed E-state index contributed by atoms with van der Waals surface area (Å²) >= 11 is 0. The zero-order valence-electron chi connectivity index (χ0n) is 9.07. The fourth-order valence-electron chi connectivity index (χ4n) is 2.06. The average Bonchev–Trinajstić information content (AvgIpc) is 3.08. The van der Waals surface area contributed by atoms with E-state index in [0.29, 0.717) is 0 Å². The lowest BCUT2D eigenvalue weighted by molar-refractivity contribution is -0.143. The highest BCUT2D eigenvalue weighted by Crippen LogP contribution is 2.50. The molecule has 0 spiro atoms. The minimum atomic E-state index is -0.709. The first-order chi connectivity index (χ1) is 7.60. The van der Waals surface area contributed by atoms with Gasteiger partial charge in [0.05, 0.1) is 7.11 Å². The number of benzene rings is 1. The van der Waals surface area contributed by atoms with Crippen LogP contribution in [0.4, 0.5) is 4.39 Å². The van der Waals surface area contributed by atoms with Crippen molar-refractivity contribution in [1.29, 1.82) is 0 Å². The molecule has 0 radical (unpaired) electrons. The van der Waals surface area contributed by atoms with Crippen LogP contribution in [0.5, 0.6) is 0 Å². The Morgan fingerprint density at radius 2 is 2.25 bits per heavy atom. The van der Waals surface area contributed by atoms with Crippen LogP contribution in [-0.4, -0.2) is 19.1 Å². The van der Waals surface area contributed by atoms with Crippen molar-refractivity contribution in [1.82, 2.24) is 0 Å². The molecule has 1 unspecified atom stereocenters. The molecule has 1 aliphatic carbocycles. The molecule has 1 aliphatic rings. The van der Waals surface area contributed by atoms with Crippen LogP contribution in [0.1, 0.15) is 18.4 Å². The van der Waals surface area contributed by atoms with Crippen LogP contribution in [0.2, 0.25) is 0 Å². The summed E-state index contributed by atoms with van der Waals surface area (Å²) in [7, 11) is 1.31. The third-order valence-corrected chi connectivity index (χ3v) is 3.24. The molecule has 1 aromatic rings. The van der Waals surface area contributed by atoms with E-state index in [0.717, 1.165) is 18.4 Å². The smallest absolute Gasteiger partial charge is 0.323 e. The van der Waals surface area contributed by atoms with Crippen LogP contribution < -0.4 is 5.73 Å². The molecule has 16 heavy (non-hydrogen) atoms. The Bertz CT molecular complexity index is 415. The van der Waals surface area contributed by atoms with Crippen molar-refractivity contribution in [3.8, 4) is 0 Å². The molecule has 3 nitrogen and oxygen atoms in total. The van der Waals surface area contributed by atoms with E-state index in [1.165, 1.54) is 19.2 Å². The summed E-state index contributed by atoms with van der Waals surface area (Å²) in [4.78, 5) is 11.4. The number of ether oxygens (including phenoxy) is 1. The van der Waals surface area contributed by atoms with Crippen molar-refractivity contribution in [2.45, 2.75) is 24.3 Å². The summed E-state index contributed by atoms with van der Waals surface area (Å²) in [6, 6.07) is 5.55. The Labute approximate surface area is 93.4 Å². The van der Waals surface area contributed by atoms with Gasteiger partial charge in [-0.3, -0.25) is 4.79 Å². The molecular weight excluding hydrogens is 209 g/mol. The Morgan fingerprint density at radius 1 is 1.56 bits per heavy atom. The lowest BCUT2D eigenvalue weighted by Crippen LogP contribution is -2.42. The van der Waals surface area contributed by atoms with Gasteiger partial charge in [-0.1, -0.05) is 12.1 Å². The molecule has 86 valence electrons. The van der Waals surface area contributed by atoms with Gasteiger partial charge in [-0.25, -0.2) is 4.39 Å². The molecule has 0 saturated heterocycles. The van der Waals surface area contributed by atoms with E-state index in [4.69, 9.17) is 5.73 Å². The van der Waals surface area contributed by atoms with Crippen molar-refractivity contribution in [3.05, 3.63) is 35.6 Å². The molecule has 1 aromatic carbocycles.